The molecule has 1 aliphatic heterocycles. The van der Waals surface area contributed by atoms with E-state index in [4.69, 9.17) is 16.3 Å². The summed E-state index contributed by atoms with van der Waals surface area (Å²) in [4.78, 5) is 51.3. The molecule has 0 atom stereocenters. The zero-order valence-corrected chi connectivity index (χ0v) is 23.2. The molecular weight excluding hydrogens is 594 g/mol. The number of benzene rings is 3. The molecule has 1 aliphatic rings. The highest BCUT2D eigenvalue weighted by molar-refractivity contribution is 9.10. The molecule has 3 aromatic rings. The van der Waals surface area contributed by atoms with Crippen molar-refractivity contribution >= 4 is 79.7 Å². The maximum absolute atomic E-state index is 12.9. The highest BCUT2D eigenvalue weighted by atomic mass is 79.9. The predicted molar refractivity (Wildman–Crippen MR) is 152 cm³/mol. The van der Waals surface area contributed by atoms with Crippen molar-refractivity contribution in [3.63, 3.8) is 0 Å². The summed E-state index contributed by atoms with van der Waals surface area (Å²) in [6.45, 7) is 1.15. The molecule has 2 N–H and O–H groups in total. The number of imide groups is 1. The zero-order chi connectivity index (χ0) is 27.2. The molecule has 0 aliphatic carbocycles. The molecule has 0 saturated carbocycles. The Morgan fingerprint density at radius 1 is 1.00 bits per heavy atom. The minimum atomic E-state index is -0.594. The van der Waals surface area contributed by atoms with Crippen LogP contribution in [0.25, 0.3) is 6.08 Å². The third-order valence-corrected chi connectivity index (χ3v) is 7.11. The monoisotopic (exact) mass is 613 g/mol. The van der Waals surface area contributed by atoms with Crippen LogP contribution in [0, 0.1) is 6.92 Å². The van der Waals surface area contributed by atoms with Gasteiger partial charge in [0, 0.05) is 26.4 Å². The van der Waals surface area contributed by atoms with E-state index in [1.165, 1.54) is 6.08 Å². The van der Waals surface area contributed by atoms with Gasteiger partial charge in [0.2, 0.25) is 5.91 Å². The molecule has 0 unspecified atom stereocenters. The van der Waals surface area contributed by atoms with Crippen LogP contribution in [-0.4, -0.2) is 41.0 Å². The van der Waals surface area contributed by atoms with E-state index < -0.39 is 29.5 Å². The van der Waals surface area contributed by atoms with Gasteiger partial charge in [-0.25, -0.2) is 0 Å². The maximum Gasteiger partial charge on any atom is 0.294 e. The van der Waals surface area contributed by atoms with Gasteiger partial charge in [-0.15, -0.1) is 0 Å². The van der Waals surface area contributed by atoms with E-state index in [0.29, 0.717) is 32.2 Å². The molecule has 4 rings (SSSR count). The van der Waals surface area contributed by atoms with Gasteiger partial charge in [0.1, 0.15) is 12.3 Å². The number of hydrogen-bond acceptors (Lipinski definition) is 6. The Balaban J connectivity index is 1.43. The second kappa shape index (κ2) is 12.3. The first-order chi connectivity index (χ1) is 18.2. The number of nitrogens with zero attached hydrogens (tertiary/aromatic N) is 1. The highest BCUT2D eigenvalue weighted by Crippen LogP contribution is 2.35. The lowest BCUT2D eigenvalue weighted by Gasteiger charge is -2.13. The first-order valence-electron chi connectivity index (χ1n) is 11.3. The van der Waals surface area contributed by atoms with Gasteiger partial charge in [-0.1, -0.05) is 51.8 Å². The van der Waals surface area contributed by atoms with Crippen LogP contribution < -0.4 is 15.4 Å². The Morgan fingerprint density at radius 2 is 1.74 bits per heavy atom. The summed E-state index contributed by atoms with van der Waals surface area (Å²) in [5.74, 6) is -1.15. The van der Waals surface area contributed by atoms with Crippen molar-refractivity contribution in [2.45, 2.75) is 6.92 Å². The molecule has 0 bridgehead atoms. The molecular formula is C27H21BrClN3O5S. The Labute approximate surface area is 236 Å². The number of halogens is 2. The molecule has 8 nitrogen and oxygen atoms in total. The molecule has 0 aromatic heterocycles. The summed E-state index contributed by atoms with van der Waals surface area (Å²) in [6.07, 6.45) is 1.50. The fourth-order valence-corrected chi connectivity index (χ4v) is 4.81. The fourth-order valence-electron chi connectivity index (χ4n) is 3.42. The van der Waals surface area contributed by atoms with Crippen LogP contribution >= 0.6 is 39.3 Å². The average molecular weight is 615 g/mol. The van der Waals surface area contributed by atoms with E-state index in [1.54, 1.807) is 60.7 Å². The number of rotatable bonds is 8. The summed E-state index contributed by atoms with van der Waals surface area (Å²) in [5.41, 5.74) is 2.46. The van der Waals surface area contributed by atoms with Gasteiger partial charge >= 0.3 is 0 Å². The highest BCUT2D eigenvalue weighted by Gasteiger charge is 2.36. The SMILES string of the molecule is Cc1ccc(NC(=O)COc2ccc(Br)cc2/C=C2\SC(=O)N(CC(=O)Nc3ccccc3)C2=O)cc1Cl. The molecule has 1 saturated heterocycles. The maximum atomic E-state index is 12.9. The number of aryl methyl sites for hydroxylation is 1. The van der Waals surface area contributed by atoms with Crippen molar-refractivity contribution < 1.29 is 23.9 Å². The third-order valence-electron chi connectivity index (χ3n) is 5.31. The summed E-state index contributed by atoms with van der Waals surface area (Å²) in [5, 5.41) is 5.35. The molecule has 1 heterocycles. The van der Waals surface area contributed by atoms with Crippen molar-refractivity contribution in [2.75, 3.05) is 23.8 Å². The number of carbonyl (C=O) groups excluding carboxylic acids is 4. The van der Waals surface area contributed by atoms with E-state index >= 15 is 0 Å². The number of hydrogen-bond donors (Lipinski definition) is 2. The van der Waals surface area contributed by atoms with Gasteiger partial charge in [0.15, 0.2) is 6.61 Å². The average Bonchev–Trinajstić information content (AvgIpc) is 3.13. The van der Waals surface area contributed by atoms with Crippen LogP contribution in [0.4, 0.5) is 16.2 Å². The summed E-state index contributed by atoms with van der Waals surface area (Å²) in [7, 11) is 0. The van der Waals surface area contributed by atoms with Gasteiger partial charge < -0.3 is 15.4 Å². The van der Waals surface area contributed by atoms with E-state index in [1.807, 2.05) is 13.0 Å². The summed E-state index contributed by atoms with van der Waals surface area (Å²) in [6, 6.07) is 19.0. The number of carbonyl (C=O) groups is 4. The van der Waals surface area contributed by atoms with Gasteiger partial charge in [0.25, 0.3) is 17.1 Å². The smallest absolute Gasteiger partial charge is 0.294 e. The zero-order valence-electron chi connectivity index (χ0n) is 20.0. The van der Waals surface area contributed by atoms with Gasteiger partial charge in [0.05, 0.1) is 4.91 Å². The molecule has 0 radical (unpaired) electrons. The first-order valence-corrected chi connectivity index (χ1v) is 13.3. The van der Waals surface area contributed by atoms with Crippen molar-refractivity contribution in [3.05, 3.63) is 92.3 Å². The second-order valence-corrected chi connectivity index (χ2v) is 10.5. The molecule has 1 fully saturated rings. The fraction of sp³-hybridized carbons (Fsp3) is 0.111. The van der Waals surface area contributed by atoms with Gasteiger partial charge in [-0.05, 0) is 72.8 Å². The Bertz CT molecular complexity index is 1450. The summed E-state index contributed by atoms with van der Waals surface area (Å²) >= 11 is 10.2. The second-order valence-electron chi connectivity index (χ2n) is 8.17. The van der Waals surface area contributed by atoms with Crippen molar-refractivity contribution in [1.29, 1.82) is 0 Å². The quantitative estimate of drug-likeness (QED) is 0.297. The standard InChI is InChI=1S/C27H21BrClN3O5S/c1-16-7-9-20(13-21(16)29)31-25(34)15-37-22-10-8-18(28)11-17(22)12-23-26(35)32(27(36)38-23)14-24(33)30-19-5-3-2-4-6-19/h2-13H,14-15H2,1H3,(H,30,33)(H,31,34)/b23-12-. The topological polar surface area (TPSA) is 105 Å². The first kappa shape index (κ1) is 27.4. The number of ether oxygens (including phenoxy) is 1. The Kier molecular flexibility index (Phi) is 8.88. The largest absolute Gasteiger partial charge is 0.483 e. The van der Waals surface area contributed by atoms with E-state index in [2.05, 4.69) is 26.6 Å². The number of nitrogens with one attached hydrogen (secondary N) is 2. The van der Waals surface area contributed by atoms with Crippen LogP contribution in [0.1, 0.15) is 11.1 Å². The number of thioether (sulfide) groups is 1. The van der Waals surface area contributed by atoms with Gasteiger partial charge in [-0.2, -0.15) is 0 Å². The molecule has 38 heavy (non-hydrogen) atoms. The normalized spacial score (nSPS) is 14.1. The molecule has 3 aromatic carbocycles. The Morgan fingerprint density at radius 3 is 2.47 bits per heavy atom. The van der Waals surface area contributed by atoms with Crippen LogP contribution in [0.5, 0.6) is 5.75 Å². The Hall–Kier alpha value is -3.60. The van der Waals surface area contributed by atoms with E-state index in [9.17, 15) is 19.2 Å². The molecule has 194 valence electrons. The van der Waals surface area contributed by atoms with Gasteiger partial charge in [-0.3, -0.25) is 24.1 Å². The van der Waals surface area contributed by atoms with Crippen LogP contribution in [-0.2, 0) is 14.4 Å². The molecule has 0 spiro atoms. The lowest BCUT2D eigenvalue weighted by atomic mass is 10.2. The third kappa shape index (κ3) is 7.03. The van der Waals surface area contributed by atoms with Crippen molar-refractivity contribution in [3.8, 4) is 5.75 Å². The van der Waals surface area contributed by atoms with Crippen molar-refractivity contribution in [2.24, 2.45) is 0 Å². The molecule has 4 amide bonds. The summed E-state index contributed by atoms with van der Waals surface area (Å²) < 4.78 is 6.42. The van der Waals surface area contributed by atoms with Crippen LogP contribution in [0.2, 0.25) is 5.02 Å². The predicted octanol–water partition coefficient (Wildman–Crippen LogP) is 6.10. The minimum absolute atomic E-state index is 0.129. The van der Waals surface area contributed by atoms with Crippen LogP contribution in [0.3, 0.4) is 0 Å². The lowest BCUT2D eigenvalue weighted by molar-refractivity contribution is -0.127. The van der Waals surface area contributed by atoms with E-state index in [0.717, 1.165) is 22.2 Å². The van der Waals surface area contributed by atoms with Crippen LogP contribution in [0.15, 0.2) is 76.1 Å². The number of anilines is 2. The number of amides is 4. The minimum Gasteiger partial charge on any atom is -0.483 e. The molecule has 11 heteroatoms. The lowest BCUT2D eigenvalue weighted by Crippen LogP contribution is -2.36. The van der Waals surface area contributed by atoms with Crippen molar-refractivity contribution in [1.82, 2.24) is 4.90 Å². The van der Waals surface area contributed by atoms with E-state index in [-0.39, 0.29) is 11.5 Å². The number of para-hydroxylation sites is 1.